The summed E-state index contributed by atoms with van der Waals surface area (Å²) in [5.41, 5.74) is -3.71. The minimum atomic E-state index is -1.19. The highest BCUT2D eigenvalue weighted by Gasteiger charge is 2.46. The van der Waals surface area contributed by atoms with Gasteiger partial charge in [0.05, 0.1) is 59.5 Å². The van der Waals surface area contributed by atoms with Crippen LogP contribution in [0.15, 0.2) is 34.4 Å². The van der Waals surface area contributed by atoms with Crippen LogP contribution in [0.2, 0.25) is 0 Å². The van der Waals surface area contributed by atoms with Gasteiger partial charge in [0.1, 0.15) is 23.0 Å². The van der Waals surface area contributed by atoms with Crippen molar-refractivity contribution in [1.29, 1.82) is 0 Å². The van der Waals surface area contributed by atoms with E-state index in [1.807, 2.05) is 0 Å². The van der Waals surface area contributed by atoms with Crippen LogP contribution in [0, 0.1) is 0 Å². The van der Waals surface area contributed by atoms with Crippen LogP contribution in [-0.4, -0.2) is 90.1 Å². The average Bonchev–Trinajstić information content (AvgIpc) is 2.95. The first-order valence-corrected chi connectivity index (χ1v) is 14.2. The van der Waals surface area contributed by atoms with E-state index >= 15 is 0 Å². The zero-order chi connectivity index (χ0) is 33.5. The lowest BCUT2D eigenvalue weighted by Gasteiger charge is -2.34. The largest absolute Gasteiger partial charge is 0.507 e. The van der Waals surface area contributed by atoms with Crippen molar-refractivity contribution in [2.75, 3.05) is 0 Å². The van der Waals surface area contributed by atoms with Crippen LogP contribution < -0.4 is 0 Å². The summed E-state index contributed by atoms with van der Waals surface area (Å²) in [4.78, 5) is 77.0. The van der Waals surface area contributed by atoms with E-state index in [4.69, 9.17) is 9.47 Å². The number of phenolic OH excluding ortho intramolecular Hbond substituents is 4. The lowest BCUT2D eigenvalue weighted by molar-refractivity contribution is -0.142. The molecule has 238 valence electrons. The molecule has 0 saturated carbocycles. The van der Waals surface area contributed by atoms with Crippen molar-refractivity contribution in [3.8, 4) is 34.1 Å². The van der Waals surface area contributed by atoms with Crippen LogP contribution in [0.5, 0.6) is 23.0 Å². The number of hydrogen-bond donors (Lipinski definition) is 6. The van der Waals surface area contributed by atoms with Gasteiger partial charge in [-0.15, -0.1) is 0 Å². The topological polar surface area (TPSA) is 242 Å². The van der Waals surface area contributed by atoms with Gasteiger partial charge in [0.2, 0.25) is 0 Å². The van der Waals surface area contributed by atoms with E-state index in [2.05, 4.69) is 0 Å². The highest BCUT2D eigenvalue weighted by Crippen LogP contribution is 2.51. The number of carboxylic acid groups (broad SMARTS) is 2. The molecule has 0 unspecified atom stereocenters. The van der Waals surface area contributed by atoms with Crippen molar-refractivity contribution in [1.82, 2.24) is 0 Å². The number of rotatable bonds is 5. The fourth-order valence-electron chi connectivity index (χ4n) is 6.88. The third-order valence-corrected chi connectivity index (χ3v) is 8.72. The Morgan fingerprint density at radius 1 is 0.630 bits per heavy atom. The van der Waals surface area contributed by atoms with Crippen LogP contribution in [0.4, 0.5) is 0 Å². The molecule has 14 heteroatoms. The summed E-state index contributed by atoms with van der Waals surface area (Å²) >= 11 is 0. The maximum Gasteiger partial charge on any atom is 0.305 e. The normalized spacial score (nSPS) is 24.0. The van der Waals surface area contributed by atoms with Crippen LogP contribution in [0.3, 0.4) is 0 Å². The van der Waals surface area contributed by atoms with Crippen molar-refractivity contribution < 1.29 is 68.9 Å². The van der Waals surface area contributed by atoms with Crippen molar-refractivity contribution in [3.05, 3.63) is 56.7 Å². The van der Waals surface area contributed by atoms with Crippen LogP contribution >= 0.6 is 0 Å². The molecule has 0 aromatic heterocycles. The molecule has 46 heavy (non-hydrogen) atoms. The molecule has 6 N–H and O–H groups in total. The number of aromatic hydroxyl groups is 4. The van der Waals surface area contributed by atoms with E-state index in [-0.39, 0.29) is 35.1 Å². The molecule has 0 amide bonds. The number of Topliss-reactive ketones (excluding diaryl/α,β-unsaturated/α-hetero) is 4. The van der Waals surface area contributed by atoms with E-state index in [1.165, 1.54) is 13.8 Å². The summed E-state index contributed by atoms with van der Waals surface area (Å²) in [6, 6.07) is 1.71. The predicted octanol–water partition coefficient (Wildman–Crippen LogP) is 2.83. The molecular weight excluding hydrogens is 608 g/mol. The van der Waals surface area contributed by atoms with E-state index in [9.17, 15) is 59.4 Å². The van der Waals surface area contributed by atoms with Gasteiger partial charge < -0.3 is 40.1 Å². The van der Waals surface area contributed by atoms with Crippen LogP contribution in [-0.2, 0) is 19.1 Å². The Balaban J connectivity index is 1.47. The predicted molar refractivity (Wildman–Crippen MR) is 152 cm³/mol. The summed E-state index contributed by atoms with van der Waals surface area (Å²) in [5, 5.41) is 63.1. The number of carboxylic acids is 2. The molecule has 0 fully saturated rings. The van der Waals surface area contributed by atoms with Crippen LogP contribution in [0.1, 0.15) is 81.0 Å². The molecule has 0 radical (unpaired) electrons. The number of carbonyl (C=O) groups is 6. The molecule has 0 bridgehead atoms. The monoisotopic (exact) mass is 634 g/mol. The zero-order valence-electron chi connectivity index (χ0n) is 24.2. The summed E-state index contributed by atoms with van der Waals surface area (Å²) in [6.07, 6.45) is -5.30. The van der Waals surface area contributed by atoms with Gasteiger partial charge >= 0.3 is 11.9 Å². The van der Waals surface area contributed by atoms with Crippen molar-refractivity contribution >= 4 is 35.1 Å². The second-order valence-electron chi connectivity index (χ2n) is 11.6. The van der Waals surface area contributed by atoms with Gasteiger partial charge in [-0.1, -0.05) is 0 Å². The van der Waals surface area contributed by atoms with Gasteiger partial charge in [0.25, 0.3) is 0 Å². The Bertz CT molecular complexity index is 1770. The minimum Gasteiger partial charge on any atom is -0.507 e. The summed E-state index contributed by atoms with van der Waals surface area (Å²) in [6.45, 7) is 2.86. The number of carbonyl (C=O) groups excluding carboxylic acids is 4. The van der Waals surface area contributed by atoms with Crippen molar-refractivity contribution in [2.24, 2.45) is 0 Å². The number of fused-ring (bicyclic) bond motifs is 2. The maximum absolute atomic E-state index is 13.7. The first-order chi connectivity index (χ1) is 21.6. The molecule has 4 aliphatic rings. The Morgan fingerprint density at radius 2 is 0.978 bits per heavy atom. The Kier molecular flexibility index (Phi) is 7.09. The number of ketones is 4. The third kappa shape index (κ3) is 4.48. The van der Waals surface area contributed by atoms with E-state index < -0.39 is 129 Å². The van der Waals surface area contributed by atoms with Crippen molar-refractivity contribution in [3.63, 3.8) is 0 Å². The number of aliphatic carboxylic acids is 2. The Labute approximate surface area is 258 Å². The summed E-state index contributed by atoms with van der Waals surface area (Å²) < 4.78 is 11.3. The molecular formula is C32H26O14. The highest BCUT2D eigenvalue weighted by atomic mass is 16.5. The number of benzene rings is 2. The van der Waals surface area contributed by atoms with E-state index in [0.29, 0.717) is 0 Å². The number of hydrogen-bond acceptors (Lipinski definition) is 12. The molecule has 2 heterocycles. The minimum absolute atomic E-state index is 0.0678. The SMILES string of the molecule is C[C@H]1O[C@H](CC(=O)O)CC2=C1C(=O)c1c(O)c(-c3cc(O)c4c(c3O)C(=O)C3=C(C[C@@H](CC(=O)O)O[C@@H]3C)C4=O)cc(O)c1C2=O. The second kappa shape index (κ2) is 10.6. The zero-order valence-corrected chi connectivity index (χ0v) is 24.2. The summed E-state index contributed by atoms with van der Waals surface area (Å²) in [5.74, 6) is -9.17. The Morgan fingerprint density at radius 3 is 1.30 bits per heavy atom. The number of phenols is 4. The second-order valence-corrected chi connectivity index (χ2v) is 11.6. The van der Waals surface area contributed by atoms with Crippen molar-refractivity contribution in [2.45, 2.75) is 63.9 Å². The average molecular weight is 635 g/mol. The van der Waals surface area contributed by atoms with E-state index in [0.717, 1.165) is 12.1 Å². The fourth-order valence-corrected chi connectivity index (χ4v) is 6.88. The molecule has 14 nitrogen and oxygen atoms in total. The highest BCUT2D eigenvalue weighted by molar-refractivity contribution is 6.31. The number of ether oxygens (including phenoxy) is 2. The van der Waals surface area contributed by atoms with Gasteiger partial charge in [-0.2, -0.15) is 0 Å². The lowest BCUT2D eigenvalue weighted by atomic mass is 9.75. The lowest BCUT2D eigenvalue weighted by Crippen LogP contribution is -2.38. The third-order valence-electron chi connectivity index (χ3n) is 8.72. The first kappa shape index (κ1) is 30.7. The van der Waals surface area contributed by atoms with Crippen LogP contribution in [0.25, 0.3) is 11.1 Å². The molecule has 6 rings (SSSR count). The van der Waals surface area contributed by atoms with Gasteiger partial charge in [-0.3, -0.25) is 28.8 Å². The van der Waals surface area contributed by atoms with E-state index in [1.54, 1.807) is 0 Å². The molecule has 2 aromatic carbocycles. The van der Waals surface area contributed by atoms with Gasteiger partial charge in [-0.05, 0) is 26.0 Å². The first-order valence-electron chi connectivity index (χ1n) is 14.2. The smallest absolute Gasteiger partial charge is 0.305 e. The standard InChI is InChI=1S/C32H26O14/c1-9-21-15(3-11(45-9)5-19(35)36)29(41)23-17(33)7-13(27(39)25(23)31(21)43)14-8-18(34)24-26(28(14)40)32(44)22-10(2)46-12(6-20(37)38)4-16(22)30(24)42/h7-12,33-34,39-40H,3-6H2,1-2H3,(H,35,36)(H,37,38)/t9-,10-,11+,12+/m1/s1. The molecule has 4 atom stereocenters. The Hall–Kier alpha value is -5.34. The molecule has 2 aliphatic carbocycles. The molecule has 2 aromatic rings. The quantitative estimate of drug-likeness (QED) is 0.259. The van der Waals surface area contributed by atoms with Gasteiger partial charge in [-0.25, -0.2) is 0 Å². The van der Waals surface area contributed by atoms with Gasteiger partial charge in [0, 0.05) is 46.3 Å². The van der Waals surface area contributed by atoms with Gasteiger partial charge in [0.15, 0.2) is 23.1 Å². The molecule has 0 spiro atoms. The summed E-state index contributed by atoms with van der Waals surface area (Å²) in [7, 11) is 0. The maximum atomic E-state index is 13.7. The molecule has 0 saturated heterocycles. The fraction of sp³-hybridized carbons (Fsp3) is 0.312. The molecule has 2 aliphatic heterocycles.